The van der Waals surface area contributed by atoms with E-state index in [0.29, 0.717) is 6.42 Å². The van der Waals surface area contributed by atoms with Crippen LogP contribution in [-0.4, -0.2) is 47.1 Å². The van der Waals surface area contributed by atoms with Gasteiger partial charge >= 0.3 is 0 Å². The van der Waals surface area contributed by atoms with Gasteiger partial charge in [-0.1, -0.05) is 37.5 Å². The second-order valence-electron chi connectivity index (χ2n) is 8.53. The molecule has 156 valence electrons. The van der Waals surface area contributed by atoms with Gasteiger partial charge in [0, 0.05) is 24.3 Å². The van der Waals surface area contributed by atoms with E-state index in [-0.39, 0.29) is 24.3 Å². The van der Waals surface area contributed by atoms with Crippen molar-refractivity contribution in [3.8, 4) is 0 Å². The molecule has 0 radical (unpaired) electrons. The van der Waals surface area contributed by atoms with E-state index < -0.39 is 5.60 Å². The summed E-state index contributed by atoms with van der Waals surface area (Å²) < 4.78 is 1.11. The topological polar surface area (TPSA) is 69.6 Å². The normalized spacial score (nSPS) is 21.4. The summed E-state index contributed by atoms with van der Waals surface area (Å²) in [6, 6.07) is 8.21. The van der Waals surface area contributed by atoms with Gasteiger partial charge in [-0.15, -0.1) is 11.3 Å². The fourth-order valence-electron chi connectivity index (χ4n) is 4.98. The van der Waals surface area contributed by atoms with Crippen LogP contribution in [0.25, 0.3) is 10.1 Å². The van der Waals surface area contributed by atoms with Gasteiger partial charge in [0.1, 0.15) is 0 Å². The molecule has 1 atom stereocenters. The first-order valence-corrected chi connectivity index (χ1v) is 11.6. The van der Waals surface area contributed by atoms with Gasteiger partial charge < -0.3 is 15.3 Å². The number of nitrogens with one attached hydrogen (secondary N) is 1. The number of amides is 2. The average Bonchev–Trinajstić information content (AvgIpc) is 3.33. The minimum Gasteiger partial charge on any atom is -0.389 e. The zero-order chi connectivity index (χ0) is 20.4. The SMILES string of the molecule is CNC(=O)c1sc2ccccc2c1C[C@H]1CCCN1C(=O)CC1(O)CCCCC1. The van der Waals surface area contributed by atoms with Gasteiger partial charge in [-0.3, -0.25) is 9.59 Å². The molecule has 0 spiro atoms. The lowest BCUT2D eigenvalue weighted by atomic mass is 9.82. The van der Waals surface area contributed by atoms with E-state index in [9.17, 15) is 14.7 Å². The Morgan fingerprint density at radius 2 is 1.97 bits per heavy atom. The van der Waals surface area contributed by atoms with E-state index in [2.05, 4.69) is 11.4 Å². The number of benzene rings is 1. The molecule has 4 rings (SSSR count). The maximum Gasteiger partial charge on any atom is 0.261 e. The van der Waals surface area contributed by atoms with Crippen LogP contribution in [0.1, 0.15) is 66.6 Å². The summed E-state index contributed by atoms with van der Waals surface area (Å²) in [5.41, 5.74) is 0.219. The second kappa shape index (κ2) is 8.44. The number of hydrogen-bond donors (Lipinski definition) is 2. The fraction of sp³-hybridized carbons (Fsp3) is 0.565. The molecule has 2 fully saturated rings. The van der Waals surface area contributed by atoms with E-state index in [1.807, 2.05) is 23.1 Å². The van der Waals surface area contributed by atoms with Crippen LogP contribution in [0.5, 0.6) is 0 Å². The smallest absolute Gasteiger partial charge is 0.261 e. The lowest BCUT2D eigenvalue weighted by Crippen LogP contribution is -2.43. The molecule has 1 saturated carbocycles. The van der Waals surface area contributed by atoms with E-state index in [1.165, 1.54) is 11.3 Å². The highest BCUT2D eigenvalue weighted by atomic mass is 32.1. The number of aliphatic hydroxyl groups is 1. The average molecular weight is 415 g/mol. The quantitative estimate of drug-likeness (QED) is 0.780. The van der Waals surface area contributed by atoms with Crippen molar-refractivity contribution in [3.63, 3.8) is 0 Å². The Morgan fingerprint density at radius 3 is 2.72 bits per heavy atom. The maximum absolute atomic E-state index is 13.1. The number of fused-ring (bicyclic) bond motifs is 1. The Morgan fingerprint density at radius 1 is 1.21 bits per heavy atom. The van der Waals surface area contributed by atoms with E-state index in [0.717, 1.165) is 72.0 Å². The molecule has 1 aromatic carbocycles. The molecule has 0 unspecified atom stereocenters. The number of thiophene rings is 1. The van der Waals surface area contributed by atoms with Crippen LogP contribution >= 0.6 is 11.3 Å². The van der Waals surface area contributed by atoms with Crippen molar-refractivity contribution in [1.82, 2.24) is 10.2 Å². The third kappa shape index (κ3) is 4.19. The molecule has 2 amide bonds. The van der Waals surface area contributed by atoms with Gasteiger partial charge in [0.05, 0.1) is 16.9 Å². The van der Waals surface area contributed by atoms with Crippen molar-refractivity contribution in [2.45, 2.75) is 69.4 Å². The summed E-state index contributed by atoms with van der Waals surface area (Å²) in [7, 11) is 1.66. The van der Waals surface area contributed by atoms with Crippen LogP contribution in [0.4, 0.5) is 0 Å². The van der Waals surface area contributed by atoms with Crippen molar-refractivity contribution >= 4 is 33.2 Å². The highest BCUT2D eigenvalue weighted by molar-refractivity contribution is 7.21. The Kier molecular flexibility index (Phi) is 5.93. The van der Waals surface area contributed by atoms with Crippen molar-refractivity contribution in [2.75, 3.05) is 13.6 Å². The van der Waals surface area contributed by atoms with Crippen molar-refractivity contribution < 1.29 is 14.7 Å². The largest absolute Gasteiger partial charge is 0.389 e. The molecule has 29 heavy (non-hydrogen) atoms. The van der Waals surface area contributed by atoms with Crippen LogP contribution in [-0.2, 0) is 11.2 Å². The monoisotopic (exact) mass is 414 g/mol. The predicted octanol–water partition coefficient (Wildman–Crippen LogP) is 3.88. The molecule has 2 aliphatic rings. The number of rotatable bonds is 5. The van der Waals surface area contributed by atoms with Crippen LogP contribution in [0.3, 0.4) is 0 Å². The first-order chi connectivity index (χ1) is 14.0. The Hall–Kier alpha value is -1.92. The van der Waals surface area contributed by atoms with Gasteiger partial charge in [-0.2, -0.15) is 0 Å². The summed E-state index contributed by atoms with van der Waals surface area (Å²) >= 11 is 1.52. The summed E-state index contributed by atoms with van der Waals surface area (Å²) in [6.45, 7) is 0.747. The van der Waals surface area contributed by atoms with E-state index in [4.69, 9.17) is 0 Å². The van der Waals surface area contributed by atoms with E-state index >= 15 is 0 Å². The summed E-state index contributed by atoms with van der Waals surface area (Å²) in [4.78, 5) is 28.3. The predicted molar refractivity (Wildman–Crippen MR) is 116 cm³/mol. The lowest BCUT2D eigenvalue weighted by Gasteiger charge is -2.34. The molecule has 1 aromatic heterocycles. The lowest BCUT2D eigenvalue weighted by molar-refractivity contribution is -0.138. The zero-order valence-electron chi connectivity index (χ0n) is 17.1. The number of hydrogen-bond acceptors (Lipinski definition) is 4. The van der Waals surface area contributed by atoms with Crippen molar-refractivity contribution in [1.29, 1.82) is 0 Å². The minimum atomic E-state index is -0.829. The standard InChI is InChI=1S/C23H30N2O3S/c1-24-22(27)21-18(17-9-3-4-10-19(17)29-21)14-16-8-7-13-25(16)20(26)15-23(28)11-5-2-6-12-23/h3-4,9-10,16,28H,2,5-8,11-15H2,1H3,(H,24,27)/t16-/m1/s1. The van der Waals surface area contributed by atoms with Crippen LogP contribution in [0.2, 0.25) is 0 Å². The third-order valence-corrected chi connectivity index (χ3v) is 7.75. The molecular formula is C23H30N2O3S. The fourth-order valence-corrected chi connectivity index (χ4v) is 6.16. The number of carbonyl (C=O) groups excluding carboxylic acids is 2. The minimum absolute atomic E-state index is 0.0615. The molecule has 0 bridgehead atoms. The highest BCUT2D eigenvalue weighted by Gasteiger charge is 2.37. The Bertz CT molecular complexity index is 901. The number of nitrogens with zero attached hydrogens (tertiary/aromatic N) is 1. The number of carbonyl (C=O) groups is 2. The summed E-state index contributed by atoms with van der Waals surface area (Å²) in [5.74, 6) is 0.00604. The zero-order valence-corrected chi connectivity index (χ0v) is 17.9. The third-order valence-electron chi connectivity index (χ3n) is 6.53. The molecule has 2 N–H and O–H groups in total. The molecule has 2 heterocycles. The highest BCUT2D eigenvalue weighted by Crippen LogP contribution is 2.36. The van der Waals surface area contributed by atoms with Crippen molar-refractivity contribution in [3.05, 3.63) is 34.7 Å². The Labute approximate surface area is 176 Å². The molecule has 1 aliphatic heterocycles. The number of likely N-dealkylation sites (tertiary alicyclic amines) is 1. The molecule has 5 nitrogen and oxygen atoms in total. The molecule has 1 saturated heterocycles. The van der Waals surface area contributed by atoms with E-state index in [1.54, 1.807) is 7.05 Å². The van der Waals surface area contributed by atoms with Crippen molar-refractivity contribution in [2.24, 2.45) is 0 Å². The van der Waals surface area contributed by atoms with Gasteiger partial charge in [0.2, 0.25) is 5.91 Å². The van der Waals surface area contributed by atoms with Gasteiger partial charge in [-0.05, 0) is 49.1 Å². The van der Waals surface area contributed by atoms with Crippen LogP contribution in [0.15, 0.2) is 24.3 Å². The summed E-state index contributed by atoms with van der Waals surface area (Å²) in [5, 5.41) is 14.7. The van der Waals surface area contributed by atoms with Gasteiger partial charge in [-0.25, -0.2) is 0 Å². The maximum atomic E-state index is 13.1. The van der Waals surface area contributed by atoms with Gasteiger partial charge in [0.25, 0.3) is 5.91 Å². The Balaban J connectivity index is 1.56. The molecule has 2 aromatic rings. The molecular weight excluding hydrogens is 384 g/mol. The molecule has 1 aliphatic carbocycles. The van der Waals surface area contributed by atoms with Crippen LogP contribution in [0, 0.1) is 0 Å². The summed E-state index contributed by atoms with van der Waals surface area (Å²) in [6.07, 6.45) is 7.46. The van der Waals surface area contributed by atoms with Gasteiger partial charge in [0.15, 0.2) is 0 Å². The first kappa shape index (κ1) is 20.4. The van der Waals surface area contributed by atoms with Crippen LogP contribution < -0.4 is 5.32 Å². The molecule has 6 heteroatoms. The second-order valence-corrected chi connectivity index (χ2v) is 9.59. The first-order valence-electron chi connectivity index (χ1n) is 10.7.